The Kier molecular flexibility index (Phi) is 4.99. The molecule has 7 heteroatoms. The van der Waals surface area contributed by atoms with Gasteiger partial charge in [-0.05, 0) is 19.1 Å². The van der Waals surface area contributed by atoms with E-state index >= 15 is 0 Å². The number of aryl methyl sites for hydroxylation is 1. The molecule has 0 aliphatic carbocycles. The highest BCUT2D eigenvalue weighted by atomic mass is 32.1. The van der Waals surface area contributed by atoms with E-state index in [1.165, 1.54) is 0 Å². The van der Waals surface area contributed by atoms with Gasteiger partial charge in [0.2, 0.25) is 0 Å². The number of methoxy groups -OCH3 is 2. The van der Waals surface area contributed by atoms with Crippen LogP contribution in [0.1, 0.15) is 9.88 Å². The highest BCUT2D eigenvalue weighted by Gasteiger charge is 2.06. The number of benzene rings is 1. The number of nitrogens with one attached hydrogen (secondary N) is 1. The van der Waals surface area contributed by atoms with E-state index in [0.29, 0.717) is 29.7 Å². The van der Waals surface area contributed by atoms with Crippen LogP contribution < -0.4 is 20.5 Å². The van der Waals surface area contributed by atoms with Crippen LogP contribution in [0.5, 0.6) is 11.5 Å². The van der Waals surface area contributed by atoms with Crippen LogP contribution in [0, 0.1) is 6.92 Å². The Morgan fingerprint density at radius 1 is 1.38 bits per heavy atom. The number of rotatable bonds is 5. The first-order valence-corrected chi connectivity index (χ1v) is 7.14. The number of nitrogens with zero attached hydrogens (tertiary/aromatic N) is 2. The van der Waals surface area contributed by atoms with E-state index in [1.807, 2.05) is 19.2 Å². The van der Waals surface area contributed by atoms with Gasteiger partial charge in [0, 0.05) is 17.1 Å². The van der Waals surface area contributed by atoms with Crippen LogP contribution in [-0.2, 0) is 6.54 Å². The number of thiazole rings is 1. The van der Waals surface area contributed by atoms with E-state index in [4.69, 9.17) is 15.2 Å². The van der Waals surface area contributed by atoms with Gasteiger partial charge in [-0.25, -0.2) is 9.98 Å². The molecular weight excluding hydrogens is 288 g/mol. The molecule has 1 aromatic heterocycles. The van der Waals surface area contributed by atoms with Crippen molar-refractivity contribution in [2.75, 3.05) is 19.5 Å². The van der Waals surface area contributed by atoms with Crippen molar-refractivity contribution in [1.82, 2.24) is 4.98 Å². The molecule has 112 valence electrons. The Morgan fingerprint density at radius 2 is 2.19 bits per heavy atom. The van der Waals surface area contributed by atoms with Crippen LogP contribution in [0.3, 0.4) is 0 Å². The maximum atomic E-state index is 5.89. The lowest BCUT2D eigenvalue weighted by Crippen LogP contribution is -2.23. The van der Waals surface area contributed by atoms with Crippen molar-refractivity contribution in [3.8, 4) is 11.5 Å². The van der Waals surface area contributed by atoms with E-state index in [1.54, 1.807) is 37.7 Å². The third-order valence-corrected chi connectivity index (χ3v) is 3.62. The third-order valence-electron chi connectivity index (χ3n) is 2.72. The van der Waals surface area contributed by atoms with Crippen molar-refractivity contribution in [3.63, 3.8) is 0 Å². The fourth-order valence-corrected chi connectivity index (χ4v) is 2.43. The first-order chi connectivity index (χ1) is 10.1. The molecule has 0 fully saturated rings. The van der Waals surface area contributed by atoms with E-state index < -0.39 is 0 Å². The minimum absolute atomic E-state index is 0.300. The van der Waals surface area contributed by atoms with Gasteiger partial charge in [-0.3, -0.25) is 0 Å². The molecule has 0 bridgehead atoms. The smallest absolute Gasteiger partial charge is 0.193 e. The topological polar surface area (TPSA) is 81.8 Å². The summed E-state index contributed by atoms with van der Waals surface area (Å²) in [6.45, 7) is 2.46. The fraction of sp³-hybridized carbons (Fsp3) is 0.286. The Hall–Kier alpha value is -2.28. The molecule has 2 rings (SSSR count). The summed E-state index contributed by atoms with van der Waals surface area (Å²) in [6.07, 6.45) is 1.82. The standard InChI is InChI=1S/C14H18N4O2S/c1-9-7-16-13(21-9)8-17-14(15)18-11-6-10(19-2)4-5-12(11)20-3/h4-7H,8H2,1-3H3,(H3,15,17,18). The predicted molar refractivity (Wildman–Crippen MR) is 85.3 cm³/mol. The number of aliphatic imine (C=N–C) groups is 1. The molecule has 0 saturated carbocycles. The number of aromatic nitrogens is 1. The maximum absolute atomic E-state index is 5.89. The molecule has 0 amide bonds. The van der Waals surface area contributed by atoms with E-state index in [2.05, 4.69) is 15.3 Å². The number of hydrogen-bond acceptors (Lipinski definition) is 5. The van der Waals surface area contributed by atoms with Crippen molar-refractivity contribution < 1.29 is 9.47 Å². The van der Waals surface area contributed by atoms with Gasteiger partial charge < -0.3 is 20.5 Å². The summed E-state index contributed by atoms with van der Waals surface area (Å²) in [6, 6.07) is 5.42. The highest BCUT2D eigenvalue weighted by molar-refractivity contribution is 7.11. The number of ether oxygens (including phenoxy) is 2. The van der Waals surface area contributed by atoms with E-state index in [-0.39, 0.29) is 0 Å². The zero-order valence-electron chi connectivity index (χ0n) is 12.2. The van der Waals surface area contributed by atoms with Crippen LogP contribution in [0.2, 0.25) is 0 Å². The molecule has 2 aromatic rings. The van der Waals surface area contributed by atoms with Crippen molar-refractivity contribution in [2.24, 2.45) is 10.7 Å². The first-order valence-electron chi connectivity index (χ1n) is 6.32. The summed E-state index contributed by atoms with van der Waals surface area (Å²) >= 11 is 1.60. The molecule has 1 heterocycles. The molecular formula is C14H18N4O2S. The van der Waals surface area contributed by atoms with Crippen molar-refractivity contribution in [2.45, 2.75) is 13.5 Å². The molecule has 0 aliphatic heterocycles. The molecule has 0 atom stereocenters. The zero-order chi connectivity index (χ0) is 15.2. The van der Waals surface area contributed by atoms with E-state index in [0.717, 1.165) is 9.88 Å². The lowest BCUT2D eigenvalue weighted by atomic mass is 10.2. The van der Waals surface area contributed by atoms with E-state index in [9.17, 15) is 0 Å². The Morgan fingerprint density at radius 3 is 2.81 bits per heavy atom. The quantitative estimate of drug-likeness (QED) is 0.655. The molecule has 0 radical (unpaired) electrons. The normalized spacial score (nSPS) is 11.3. The molecule has 21 heavy (non-hydrogen) atoms. The summed E-state index contributed by atoms with van der Waals surface area (Å²) < 4.78 is 10.5. The second-order valence-electron chi connectivity index (χ2n) is 4.26. The highest BCUT2D eigenvalue weighted by Crippen LogP contribution is 2.28. The second kappa shape index (κ2) is 6.94. The van der Waals surface area contributed by atoms with Crippen LogP contribution in [0.15, 0.2) is 29.4 Å². The molecule has 1 aromatic carbocycles. The minimum atomic E-state index is 0.300. The van der Waals surface area contributed by atoms with Crippen LogP contribution in [0.4, 0.5) is 5.69 Å². The molecule has 0 aliphatic rings. The largest absolute Gasteiger partial charge is 0.497 e. The van der Waals surface area contributed by atoms with Crippen molar-refractivity contribution in [1.29, 1.82) is 0 Å². The summed E-state index contributed by atoms with van der Waals surface area (Å²) in [5.41, 5.74) is 6.60. The van der Waals surface area contributed by atoms with Gasteiger partial charge in [-0.15, -0.1) is 11.3 Å². The Bertz CT molecular complexity index is 640. The lowest BCUT2D eigenvalue weighted by Gasteiger charge is -2.11. The summed E-state index contributed by atoms with van der Waals surface area (Å²) in [5.74, 6) is 1.68. The molecule has 6 nitrogen and oxygen atoms in total. The lowest BCUT2D eigenvalue weighted by molar-refractivity contribution is 0.405. The molecule has 0 spiro atoms. The second-order valence-corrected chi connectivity index (χ2v) is 5.58. The van der Waals surface area contributed by atoms with Crippen LogP contribution in [0.25, 0.3) is 0 Å². The van der Waals surface area contributed by atoms with Crippen LogP contribution >= 0.6 is 11.3 Å². The Labute approximate surface area is 127 Å². The molecule has 0 saturated heterocycles. The molecule has 0 unspecified atom stereocenters. The summed E-state index contributed by atoms with van der Waals surface area (Å²) in [7, 11) is 3.20. The van der Waals surface area contributed by atoms with Crippen LogP contribution in [-0.4, -0.2) is 25.2 Å². The van der Waals surface area contributed by atoms with Gasteiger partial charge in [0.1, 0.15) is 16.5 Å². The summed E-state index contributed by atoms with van der Waals surface area (Å²) in [5, 5.41) is 3.94. The van der Waals surface area contributed by atoms with Gasteiger partial charge in [-0.1, -0.05) is 0 Å². The monoisotopic (exact) mass is 306 g/mol. The number of anilines is 1. The fourth-order valence-electron chi connectivity index (χ4n) is 1.72. The number of hydrogen-bond donors (Lipinski definition) is 2. The van der Waals surface area contributed by atoms with Gasteiger partial charge >= 0.3 is 0 Å². The van der Waals surface area contributed by atoms with Gasteiger partial charge in [0.25, 0.3) is 0 Å². The number of nitrogens with two attached hydrogens (primary N) is 1. The minimum Gasteiger partial charge on any atom is -0.497 e. The van der Waals surface area contributed by atoms with Crippen molar-refractivity contribution >= 4 is 23.0 Å². The SMILES string of the molecule is COc1ccc(OC)c(NC(N)=NCc2ncc(C)s2)c1. The maximum Gasteiger partial charge on any atom is 0.193 e. The van der Waals surface area contributed by atoms with Gasteiger partial charge in [0.05, 0.1) is 26.5 Å². The average Bonchev–Trinajstić information content (AvgIpc) is 2.90. The summed E-state index contributed by atoms with van der Waals surface area (Å²) in [4.78, 5) is 9.66. The zero-order valence-corrected chi connectivity index (χ0v) is 13.0. The van der Waals surface area contributed by atoms with Gasteiger partial charge in [-0.2, -0.15) is 0 Å². The van der Waals surface area contributed by atoms with Gasteiger partial charge in [0.15, 0.2) is 5.96 Å². The third kappa shape index (κ3) is 4.09. The number of guanidine groups is 1. The first kappa shape index (κ1) is 15.1. The van der Waals surface area contributed by atoms with Crippen molar-refractivity contribution in [3.05, 3.63) is 34.3 Å². The molecule has 3 N–H and O–H groups in total. The Balaban J connectivity index is 2.09. The predicted octanol–water partition coefficient (Wildman–Crippen LogP) is 2.40. The average molecular weight is 306 g/mol.